The zero-order chi connectivity index (χ0) is 18.6. The number of benzene rings is 1. The van der Waals surface area contributed by atoms with Crippen LogP contribution in [0.25, 0.3) is 0 Å². The van der Waals surface area contributed by atoms with Crippen molar-refractivity contribution in [2.24, 2.45) is 0 Å². The number of morpholine rings is 1. The number of halogens is 4. The van der Waals surface area contributed by atoms with Crippen molar-refractivity contribution in [3.05, 3.63) is 53.6 Å². The Bertz CT molecular complexity index is 717. The van der Waals surface area contributed by atoms with E-state index < -0.39 is 11.9 Å². The summed E-state index contributed by atoms with van der Waals surface area (Å²) in [4.78, 5) is 9.51. The Balaban J connectivity index is 1.76. The zero-order valence-electron chi connectivity index (χ0n) is 13.8. The Hall–Kier alpha value is -2.26. The predicted octanol–water partition coefficient (Wildman–Crippen LogP) is 3.12. The van der Waals surface area contributed by atoms with Crippen LogP contribution in [0.3, 0.4) is 0 Å². The topological polar surface area (TPSA) is 50.3 Å². The first kappa shape index (κ1) is 18.5. The standard InChI is InChI=1S/C17H18F4N4O/c18-13-3-1-12(2-4-13)14(25-7-9-26-10-8-25)11-23-16-22-6-5-15(24-16)17(19,20)21/h1-6,14H,7-11H2,(H,22,23,24). The summed E-state index contributed by atoms with van der Waals surface area (Å²) in [6.45, 7) is 2.77. The summed E-state index contributed by atoms with van der Waals surface area (Å²) >= 11 is 0. The Morgan fingerprint density at radius 3 is 2.46 bits per heavy atom. The maximum absolute atomic E-state index is 13.2. The highest BCUT2D eigenvalue weighted by Crippen LogP contribution is 2.28. The van der Waals surface area contributed by atoms with E-state index in [0.29, 0.717) is 26.3 Å². The van der Waals surface area contributed by atoms with Crippen molar-refractivity contribution in [3.8, 4) is 0 Å². The maximum Gasteiger partial charge on any atom is 0.433 e. The molecule has 9 heteroatoms. The van der Waals surface area contributed by atoms with Gasteiger partial charge in [-0.15, -0.1) is 0 Å². The molecule has 0 saturated carbocycles. The van der Waals surface area contributed by atoms with E-state index in [4.69, 9.17) is 4.74 Å². The lowest BCUT2D eigenvalue weighted by molar-refractivity contribution is -0.141. The van der Waals surface area contributed by atoms with E-state index in [-0.39, 0.29) is 24.4 Å². The summed E-state index contributed by atoms with van der Waals surface area (Å²) in [5.41, 5.74) is -0.146. The molecule has 5 nitrogen and oxygen atoms in total. The lowest BCUT2D eigenvalue weighted by atomic mass is 10.0. The van der Waals surface area contributed by atoms with Gasteiger partial charge in [0.15, 0.2) is 0 Å². The second-order valence-corrected chi connectivity index (χ2v) is 5.86. The van der Waals surface area contributed by atoms with Gasteiger partial charge in [0.05, 0.1) is 19.3 Å². The quantitative estimate of drug-likeness (QED) is 0.820. The zero-order valence-corrected chi connectivity index (χ0v) is 13.8. The molecule has 1 atom stereocenters. The number of alkyl halides is 3. The molecule has 0 aliphatic carbocycles. The van der Waals surface area contributed by atoms with Crippen molar-refractivity contribution in [3.63, 3.8) is 0 Å². The highest BCUT2D eigenvalue weighted by Gasteiger charge is 2.33. The van der Waals surface area contributed by atoms with Crippen molar-refractivity contribution in [2.45, 2.75) is 12.2 Å². The van der Waals surface area contributed by atoms with Gasteiger partial charge in [0.2, 0.25) is 5.95 Å². The molecule has 1 aromatic heterocycles. The van der Waals surface area contributed by atoms with Gasteiger partial charge in [0.1, 0.15) is 11.5 Å². The summed E-state index contributed by atoms with van der Waals surface area (Å²) in [5.74, 6) is -0.441. The summed E-state index contributed by atoms with van der Waals surface area (Å²) in [5, 5.41) is 2.87. The molecular formula is C17H18F4N4O. The summed E-state index contributed by atoms with van der Waals surface area (Å²) in [6.07, 6.45) is -3.46. The lowest BCUT2D eigenvalue weighted by Crippen LogP contribution is -2.41. The third kappa shape index (κ3) is 4.67. The molecule has 0 radical (unpaired) electrons. The molecule has 26 heavy (non-hydrogen) atoms. The van der Waals surface area contributed by atoms with Gasteiger partial charge in [0.25, 0.3) is 0 Å². The van der Waals surface area contributed by atoms with E-state index >= 15 is 0 Å². The van der Waals surface area contributed by atoms with Gasteiger partial charge < -0.3 is 10.1 Å². The molecule has 1 aromatic carbocycles. The lowest BCUT2D eigenvalue weighted by Gasteiger charge is -2.35. The van der Waals surface area contributed by atoms with E-state index in [2.05, 4.69) is 20.2 Å². The van der Waals surface area contributed by atoms with Gasteiger partial charge >= 0.3 is 6.18 Å². The van der Waals surface area contributed by atoms with Crippen LogP contribution in [0.4, 0.5) is 23.5 Å². The fourth-order valence-corrected chi connectivity index (χ4v) is 2.82. The van der Waals surface area contributed by atoms with Gasteiger partial charge in [-0.2, -0.15) is 13.2 Å². The molecule has 1 fully saturated rings. The summed E-state index contributed by atoms with van der Waals surface area (Å²) < 4.78 is 56.9. The van der Waals surface area contributed by atoms with E-state index in [1.54, 1.807) is 12.1 Å². The number of hydrogen-bond acceptors (Lipinski definition) is 5. The van der Waals surface area contributed by atoms with Crippen molar-refractivity contribution in [1.82, 2.24) is 14.9 Å². The number of nitrogens with one attached hydrogen (secondary N) is 1. The van der Waals surface area contributed by atoms with Gasteiger partial charge in [-0.25, -0.2) is 14.4 Å². The molecule has 0 bridgehead atoms. The molecule has 2 heterocycles. The second kappa shape index (κ2) is 7.96. The van der Waals surface area contributed by atoms with Crippen LogP contribution in [0, 0.1) is 5.82 Å². The van der Waals surface area contributed by atoms with Crippen LogP contribution in [0.2, 0.25) is 0 Å². The molecule has 1 aliphatic heterocycles. The smallest absolute Gasteiger partial charge is 0.379 e. The first-order chi connectivity index (χ1) is 12.4. The van der Waals surface area contributed by atoms with Gasteiger partial charge in [-0.3, -0.25) is 4.90 Å². The average Bonchev–Trinajstić information content (AvgIpc) is 2.64. The number of anilines is 1. The minimum Gasteiger partial charge on any atom is -0.379 e. The second-order valence-electron chi connectivity index (χ2n) is 5.86. The summed E-state index contributed by atoms with van der Waals surface area (Å²) in [7, 11) is 0. The molecule has 140 valence electrons. The van der Waals surface area contributed by atoms with E-state index in [1.807, 2.05) is 0 Å². The minimum absolute atomic E-state index is 0.0970. The van der Waals surface area contributed by atoms with Crippen LogP contribution in [0.5, 0.6) is 0 Å². The van der Waals surface area contributed by atoms with Crippen molar-refractivity contribution in [2.75, 3.05) is 38.2 Å². The van der Waals surface area contributed by atoms with Crippen LogP contribution in [-0.2, 0) is 10.9 Å². The molecule has 2 aromatic rings. The van der Waals surface area contributed by atoms with E-state index in [0.717, 1.165) is 17.8 Å². The normalized spacial score (nSPS) is 17.1. The third-order valence-corrected chi connectivity index (χ3v) is 4.14. The molecule has 1 N–H and O–H groups in total. The van der Waals surface area contributed by atoms with Crippen molar-refractivity contribution >= 4 is 5.95 Å². The highest BCUT2D eigenvalue weighted by atomic mass is 19.4. The first-order valence-corrected chi connectivity index (χ1v) is 8.15. The Labute approximate surface area is 148 Å². The average molecular weight is 370 g/mol. The monoisotopic (exact) mass is 370 g/mol. The van der Waals surface area contributed by atoms with E-state index in [9.17, 15) is 17.6 Å². The molecule has 3 rings (SSSR count). The Kier molecular flexibility index (Phi) is 5.67. The first-order valence-electron chi connectivity index (χ1n) is 8.15. The number of hydrogen-bond donors (Lipinski definition) is 1. The fraction of sp³-hybridized carbons (Fsp3) is 0.412. The molecule has 0 spiro atoms. The maximum atomic E-state index is 13.2. The van der Waals surface area contributed by atoms with Crippen LogP contribution >= 0.6 is 0 Å². The number of rotatable bonds is 5. The van der Waals surface area contributed by atoms with Crippen molar-refractivity contribution in [1.29, 1.82) is 0 Å². The number of aromatic nitrogens is 2. The number of nitrogens with zero attached hydrogens (tertiary/aromatic N) is 3. The fourth-order valence-electron chi connectivity index (χ4n) is 2.82. The predicted molar refractivity (Wildman–Crippen MR) is 87.1 cm³/mol. The SMILES string of the molecule is Fc1ccc(C(CNc2nccc(C(F)(F)F)n2)N2CCOCC2)cc1. The van der Waals surface area contributed by atoms with Gasteiger partial charge in [-0.05, 0) is 23.8 Å². The molecular weight excluding hydrogens is 352 g/mol. The van der Waals surface area contributed by atoms with E-state index in [1.165, 1.54) is 12.1 Å². The van der Waals surface area contributed by atoms with Crippen molar-refractivity contribution < 1.29 is 22.3 Å². The van der Waals surface area contributed by atoms with Crippen LogP contribution < -0.4 is 5.32 Å². The molecule has 0 amide bonds. The molecule has 1 aliphatic rings. The minimum atomic E-state index is -4.53. The third-order valence-electron chi connectivity index (χ3n) is 4.14. The number of ether oxygens (including phenoxy) is 1. The molecule has 1 saturated heterocycles. The van der Waals surface area contributed by atoms with Crippen LogP contribution in [0.1, 0.15) is 17.3 Å². The Morgan fingerprint density at radius 2 is 1.81 bits per heavy atom. The van der Waals surface area contributed by atoms with Gasteiger partial charge in [-0.1, -0.05) is 12.1 Å². The van der Waals surface area contributed by atoms with Gasteiger partial charge in [0, 0.05) is 25.8 Å². The Morgan fingerprint density at radius 1 is 1.12 bits per heavy atom. The molecule has 1 unspecified atom stereocenters. The highest BCUT2D eigenvalue weighted by molar-refractivity contribution is 5.29. The largest absolute Gasteiger partial charge is 0.433 e. The van der Waals surface area contributed by atoms with Crippen LogP contribution in [0.15, 0.2) is 36.5 Å². The van der Waals surface area contributed by atoms with Crippen LogP contribution in [-0.4, -0.2) is 47.7 Å². The summed E-state index contributed by atoms with van der Waals surface area (Å²) in [6, 6.07) is 6.73.